The van der Waals surface area contributed by atoms with Crippen molar-refractivity contribution >= 4 is 44.0 Å². The summed E-state index contributed by atoms with van der Waals surface area (Å²) in [6, 6.07) is 19.1. The van der Waals surface area contributed by atoms with E-state index in [-0.39, 0.29) is 12.4 Å². The number of ether oxygens (including phenoxy) is 2. The van der Waals surface area contributed by atoms with Gasteiger partial charge in [0.15, 0.2) is 18.1 Å². The molecule has 0 bridgehead atoms. The van der Waals surface area contributed by atoms with Crippen LogP contribution in [0.1, 0.15) is 12.5 Å². The first-order valence-corrected chi connectivity index (χ1v) is 11.0. The van der Waals surface area contributed by atoms with Gasteiger partial charge in [0.1, 0.15) is 5.75 Å². The maximum atomic E-state index is 12.0. The first kappa shape index (κ1) is 22.8. The molecule has 0 radical (unpaired) electrons. The zero-order chi connectivity index (χ0) is 22.2. The first-order valence-electron chi connectivity index (χ1n) is 9.43. The molecule has 31 heavy (non-hydrogen) atoms. The average Bonchev–Trinajstić information content (AvgIpc) is 2.80. The van der Waals surface area contributed by atoms with Crippen molar-refractivity contribution in [3.63, 3.8) is 0 Å². The summed E-state index contributed by atoms with van der Waals surface area (Å²) in [5.74, 6) is 0.488. The number of nitrogens with one attached hydrogen (secondary N) is 1. The predicted octanol–water partition coefficient (Wildman–Crippen LogP) is 5.51. The zero-order valence-electron chi connectivity index (χ0n) is 16.6. The number of amides is 1. The van der Waals surface area contributed by atoms with Gasteiger partial charge >= 0.3 is 0 Å². The highest BCUT2D eigenvalue weighted by Crippen LogP contribution is 2.41. The van der Waals surface area contributed by atoms with Crippen molar-refractivity contribution in [3.05, 3.63) is 75.2 Å². The van der Waals surface area contributed by atoms with Crippen molar-refractivity contribution in [2.24, 2.45) is 5.10 Å². The number of aromatic hydroxyl groups is 1. The van der Waals surface area contributed by atoms with E-state index in [9.17, 15) is 9.90 Å². The highest BCUT2D eigenvalue weighted by Gasteiger charge is 2.14. The molecule has 160 valence electrons. The number of hydrazone groups is 1. The Morgan fingerprint density at radius 2 is 1.71 bits per heavy atom. The van der Waals surface area contributed by atoms with Crippen LogP contribution in [-0.2, 0) is 4.79 Å². The number of hydrogen-bond donors (Lipinski definition) is 2. The summed E-state index contributed by atoms with van der Waals surface area (Å²) in [5.41, 5.74) is 5.21. The smallest absolute Gasteiger partial charge is 0.277 e. The monoisotopic (exact) mass is 546 g/mol. The summed E-state index contributed by atoms with van der Waals surface area (Å²) in [6.45, 7) is 2.05. The van der Waals surface area contributed by atoms with E-state index in [0.717, 1.165) is 11.1 Å². The Bertz CT molecular complexity index is 1070. The van der Waals surface area contributed by atoms with Crippen LogP contribution in [0.4, 0.5) is 0 Å². The van der Waals surface area contributed by atoms with E-state index in [1.807, 2.05) is 61.5 Å². The fourth-order valence-corrected chi connectivity index (χ4v) is 3.53. The Hall–Kier alpha value is -2.84. The SMILES string of the molecule is CCOc1cc(/C=N\NC(=O)COc2ccc(-c3ccccc3)cc2)c(Br)c(Br)c1O. The molecule has 1 amide bonds. The van der Waals surface area contributed by atoms with Gasteiger partial charge in [-0.05, 0) is 68.1 Å². The minimum absolute atomic E-state index is 0.0124. The first-order chi connectivity index (χ1) is 15.0. The van der Waals surface area contributed by atoms with E-state index in [0.29, 0.717) is 32.6 Å². The van der Waals surface area contributed by atoms with Gasteiger partial charge in [-0.15, -0.1) is 0 Å². The molecule has 0 atom stereocenters. The quantitative estimate of drug-likeness (QED) is 0.288. The minimum atomic E-state index is -0.401. The summed E-state index contributed by atoms with van der Waals surface area (Å²) in [6.07, 6.45) is 1.45. The molecule has 3 rings (SSSR count). The van der Waals surface area contributed by atoms with E-state index in [2.05, 4.69) is 42.4 Å². The van der Waals surface area contributed by atoms with Gasteiger partial charge in [-0.25, -0.2) is 5.43 Å². The van der Waals surface area contributed by atoms with Crippen molar-refractivity contribution in [1.82, 2.24) is 5.43 Å². The fraction of sp³-hybridized carbons (Fsp3) is 0.130. The van der Waals surface area contributed by atoms with Gasteiger partial charge < -0.3 is 14.6 Å². The van der Waals surface area contributed by atoms with E-state index < -0.39 is 5.91 Å². The molecule has 3 aromatic carbocycles. The molecule has 0 saturated carbocycles. The van der Waals surface area contributed by atoms with Gasteiger partial charge in [0.2, 0.25) is 0 Å². The summed E-state index contributed by atoms with van der Waals surface area (Å²) in [5, 5.41) is 14.0. The molecule has 3 aromatic rings. The fourth-order valence-electron chi connectivity index (χ4n) is 2.70. The standard InChI is InChI=1S/C23H20Br2N2O4/c1-2-30-19-12-17(21(24)22(25)23(19)29)13-26-27-20(28)14-31-18-10-8-16(9-11-18)15-6-4-3-5-7-15/h3-13,29H,2,14H2,1H3,(H,27,28)/b26-13-. The number of rotatable bonds is 8. The number of carbonyl (C=O) groups excluding carboxylic acids is 1. The van der Waals surface area contributed by atoms with Crippen LogP contribution in [-0.4, -0.2) is 30.4 Å². The van der Waals surface area contributed by atoms with Gasteiger partial charge in [0.25, 0.3) is 5.91 Å². The van der Waals surface area contributed by atoms with Gasteiger partial charge in [0.05, 0.1) is 17.3 Å². The molecule has 0 unspecified atom stereocenters. The summed E-state index contributed by atoms with van der Waals surface area (Å²) in [7, 11) is 0. The van der Waals surface area contributed by atoms with Crippen molar-refractivity contribution in [2.45, 2.75) is 6.92 Å². The van der Waals surface area contributed by atoms with Crippen LogP contribution in [0.3, 0.4) is 0 Å². The molecule has 0 fully saturated rings. The van der Waals surface area contributed by atoms with Gasteiger partial charge in [-0.1, -0.05) is 42.5 Å². The van der Waals surface area contributed by atoms with Crippen LogP contribution in [0, 0.1) is 0 Å². The molecule has 0 aliphatic rings. The molecule has 2 N–H and O–H groups in total. The molecular formula is C23H20Br2N2O4. The predicted molar refractivity (Wildman–Crippen MR) is 128 cm³/mol. The van der Waals surface area contributed by atoms with E-state index in [1.165, 1.54) is 6.21 Å². The second-order valence-electron chi connectivity index (χ2n) is 6.35. The summed E-state index contributed by atoms with van der Waals surface area (Å²) >= 11 is 6.67. The number of nitrogens with zero attached hydrogens (tertiary/aromatic N) is 1. The van der Waals surface area contributed by atoms with E-state index in [1.54, 1.807) is 6.07 Å². The summed E-state index contributed by atoms with van der Waals surface area (Å²) in [4.78, 5) is 12.0. The van der Waals surface area contributed by atoms with Crippen LogP contribution >= 0.6 is 31.9 Å². The highest BCUT2D eigenvalue weighted by atomic mass is 79.9. The third-order valence-corrected chi connectivity index (χ3v) is 6.36. The molecular weight excluding hydrogens is 528 g/mol. The third kappa shape index (κ3) is 6.08. The lowest BCUT2D eigenvalue weighted by Gasteiger charge is -2.11. The topological polar surface area (TPSA) is 80.2 Å². The lowest BCUT2D eigenvalue weighted by Crippen LogP contribution is -2.24. The number of hydrogen-bond acceptors (Lipinski definition) is 5. The molecule has 0 saturated heterocycles. The largest absolute Gasteiger partial charge is 0.503 e. The van der Waals surface area contributed by atoms with Gasteiger partial charge in [-0.3, -0.25) is 4.79 Å². The van der Waals surface area contributed by atoms with Crippen LogP contribution in [0.2, 0.25) is 0 Å². The molecule has 0 heterocycles. The van der Waals surface area contributed by atoms with Crippen molar-refractivity contribution < 1.29 is 19.4 Å². The van der Waals surface area contributed by atoms with Crippen LogP contribution < -0.4 is 14.9 Å². The number of benzene rings is 3. The Morgan fingerprint density at radius 3 is 2.39 bits per heavy atom. The Labute approximate surface area is 197 Å². The van der Waals surface area contributed by atoms with Crippen LogP contribution in [0.25, 0.3) is 11.1 Å². The number of halogens is 2. The van der Waals surface area contributed by atoms with Gasteiger partial charge in [-0.2, -0.15) is 5.10 Å². The lowest BCUT2D eigenvalue weighted by molar-refractivity contribution is -0.123. The van der Waals surface area contributed by atoms with Crippen molar-refractivity contribution in [2.75, 3.05) is 13.2 Å². The Morgan fingerprint density at radius 1 is 1.03 bits per heavy atom. The number of phenolic OH excluding ortho intramolecular Hbond substituents is 1. The van der Waals surface area contributed by atoms with E-state index in [4.69, 9.17) is 9.47 Å². The van der Waals surface area contributed by atoms with Crippen LogP contribution in [0.5, 0.6) is 17.2 Å². The second kappa shape index (κ2) is 11.0. The lowest BCUT2D eigenvalue weighted by atomic mass is 10.1. The molecule has 6 nitrogen and oxygen atoms in total. The number of carbonyl (C=O) groups is 1. The van der Waals surface area contributed by atoms with Crippen molar-refractivity contribution in [3.8, 4) is 28.4 Å². The second-order valence-corrected chi connectivity index (χ2v) is 7.93. The minimum Gasteiger partial charge on any atom is -0.503 e. The van der Waals surface area contributed by atoms with Crippen LogP contribution in [0.15, 0.2) is 74.7 Å². The van der Waals surface area contributed by atoms with Crippen molar-refractivity contribution in [1.29, 1.82) is 0 Å². The molecule has 0 aliphatic heterocycles. The van der Waals surface area contributed by atoms with Gasteiger partial charge in [0, 0.05) is 10.0 Å². The average molecular weight is 548 g/mol. The zero-order valence-corrected chi connectivity index (χ0v) is 19.8. The molecule has 8 heteroatoms. The Kier molecular flexibility index (Phi) is 8.08. The maximum Gasteiger partial charge on any atom is 0.277 e. The highest BCUT2D eigenvalue weighted by molar-refractivity contribution is 9.13. The molecule has 0 aliphatic carbocycles. The third-order valence-electron chi connectivity index (χ3n) is 4.20. The number of phenols is 1. The normalized spacial score (nSPS) is 10.8. The summed E-state index contributed by atoms with van der Waals surface area (Å²) < 4.78 is 11.9. The Balaban J connectivity index is 1.55. The molecule has 0 spiro atoms. The van der Waals surface area contributed by atoms with E-state index >= 15 is 0 Å². The molecule has 0 aromatic heterocycles. The maximum absolute atomic E-state index is 12.0.